The van der Waals surface area contributed by atoms with Crippen LogP contribution >= 0.6 is 0 Å². The van der Waals surface area contributed by atoms with Gasteiger partial charge in [-0.25, -0.2) is 15.0 Å². The molecule has 0 N–H and O–H groups in total. The van der Waals surface area contributed by atoms with Gasteiger partial charge in [0.25, 0.3) is 0 Å². The second kappa shape index (κ2) is 10.7. The van der Waals surface area contributed by atoms with Crippen LogP contribution in [0.2, 0.25) is 0 Å². The van der Waals surface area contributed by atoms with Gasteiger partial charge in [-0.15, -0.1) is 0 Å². The topological polar surface area (TPSA) is 62.5 Å². The molecule has 5 aromatic carbocycles. The second-order valence-corrected chi connectivity index (χ2v) is 11.9. The van der Waals surface area contributed by atoms with Crippen molar-refractivity contribution < 1.29 is 0 Å². The van der Waals surface area contributed by atoms with Gasteiger partial charge in [0.15, 0.2) is 17.5 Å². The van der Waals surface area contributed by atoms with Crippen LogP contribution in [0.4, 0.5) is 0 Å². The maximum atomic E-state index is 9.72. The van der Waals surface area contributed by atoms with E-state index in [-0.39, 0.29) is 5.41 Å². The summed E-state index contributed by atoms with van der Waals surface area (Å²) in [5, 5.41) is 9.72. The van der Waals surface area contributed by atoms with Crippen molar-refractivity contribution in [1.82, 2.24) is 15.0 Å². The van der Waals surface area contributed by atoms with Crippen molar-refractivity contribution in [3.8, 4) is 62.5 Å². The van der Waals surface area contributed by atoms with E-state index >= 15 is 0 Å². The number of nitrogens with zero attached hydrogens (tertiary/aromatic N) is 4. The summed E-state index contributed by atoms with van der Waals surface area (Å²) in [6.45, 7) is 0. The Hall–Kier alpha value is -5.40. The van der Waals surface area contributed by atoms with E-state index in [2.05, 4.69) is 60.7 Å². The Labute approximate surface area is 257 Å². The highest BCUT2D eigenvalue weighted by Crippen LogP contribution is 2.58. The molecule has 4 nitrogen and oxygen atoms in total. The first kappa shape index (κ1) is 26.2. The van der Waals surface area contributed by atoms with Gasteiger partial charge in [-0.3, -0.25) is 0 Å². The minimum absolute atomic E-state index is 0.00170. The summed E-state index contributed by atoms with van der Waals surface area (Å²) in [5.41, 5.74) is 11.3. The molecule has 0 saturated heterocycles. The number of benzene rings is 5. The SMILES string of the molecule is N#Cc1ccc2c(c1)C1(CCCCC1)c1cccc(-c3ccc(-c4nc(-c5ccccc5)nc(-c5ccccc5)n4)cc3)c1-2. The summed E-state index contributed by atoms with van der Waals surface area (Å²) in [6, 6.07) is 44.2. The monoisotopic (exact) mass is 566 g/mol. The molecule has 0 amide bonds. The van der Waals surface area contributed by atoms with Crippen LogP contribution in [-0.4, -0.2) is 15.0 Å². The van der Waals surface area contributed by atoms with Gasteiger partial charge in [-0.2, -0.15) is 5.26 Å². The van der Waals surface area contributed by atoms with Crippen LogP contribution in [0.1, 0.15) is 48.8 Å². The van der Waals surface area contributed by atoms with E-state index in [9.17, 15) is 5.26 Å². The summed E-state index contributed by atoms with van der Waals surface area (Å²) in [6.07, 6.45) is 5.99. The van der Waals surface area contributed by atoms with E-state index in [0.717, 1.165) is 40.7 Å². The highest BCUT2D eigenvalue weighted by atomic mass is 15.0. The Balaban J connectivity index is 1.23. The van der Waals surface area contributed by atoms with Crippen LogP contribution in [0.25, 0.3) is 56.4 Å². The van der Waals surface area contributed by atoms with Crippen molar-refractivity contribution in [2.75, 3.05) is 0 Å². The molecule has 1 saturated carbocycles. The predicted octanol–water partition coefficient (Wildman–Crippen LogP) is 9.64. The van der Waals surface area contributed by atoms with Gasteiger partial charge in [0.05, 0.1) is 11.6 Å². The lowest BCUT2D eigenvalue weighted by molar-refractivity contribution is 0.353. The summed E-state index contributed by atoms with van der Waals surface area (Å²) in [7, 11) is 0. The zero-order valence-electron chi connectivity index (χ0n) is 24.4. The maximum Gasteiger partial charge on any atom is 0.164 e. The zero-order chi connectivity index (χ0) is 29.5. The van der Waals surface area contributed by atoms with E-state index in [1.165, 1.54) is 47.1 Å². The van der Waals surface area contributed by atoms with Crippen LogP contribution in [0.5, 0.6) is 0 Å². The Morgan fingerprint density at radius 3 is 1.66 bits per heavy atom. The first-order valence-corrected chi connectivity index (χ1v) is 15.4. The first-order chi connectivity index (χ1) is 21.7. The molecule has 6 aromatic rings. The second-order valence-electron chi connectivity index (χ2n) is 11.9. The van der Waals surface area contributed by atoms with Crippen molar-refractivity contribution in [2.24, 2.45) is 0 Å². The van der Waals surface area contributed by atoms with Gasteiger partial charge >= 0.3 is 0 Å². The quantitative estimate of drug-likeness (QED) is 0.213. The van der Waals surface area contributed by atoms with Crippen LogP contribution in [0, 0.1) is 11.3 Å². The highest BCUT2D eigenvalue weighted by molar-refractivity contribution is 5.93. The Morgan fingerprint density at radius 2 is 1.07 bits per heavy atom. The lowest BCUT2D eigenvalue weighted by Gasteiger charge is -2.36. The molecular weight excluding hydrogens is 536 g/mol. The molecule has 1 heterocycles. The van der Waals surface area contributed by atoms with Gasteiger partial charge in [0.1, 0.15) is 0 Å². The average molecular weight is 567 g/mol. The number of rotatable bonds is 4. The normalized spacial score (nSPS) is 14.5. The molecule has 0 atom stereocenters. The summed E-state index contributed by atoms with van der Waals surface area (Å²) in [4.78, 5) is 14.7. The number of hydrogen-bond acceptors (Lipinski definition) is 4. The molecular formula is C40H30N4. The molecule has 210 valence electrons. The first-order valence-electron chi connectivity index (χ1n) is 15.4. The van der Waals surface area contributed by atoms with Crippen molar-refractivity contribution >= 4 is 0 Å². The van der Waals surface area contributed by atoms with E-state index < -0.39 is 0 Å². The third-order valence-electron chi connectivity index (χ3n) is 9.37. The third kappa shape index (κ3) is 4.32. The van der Waals surface area contributed by atoms with Gasteiger partial charge < -0.3 is 0 Å². The minimum atomic E-state index is -0.00170. The number of fused-ring (bicyclic) bond motifs is 5. The van der Waals surface area contributed by atoms with Gasteiger partial charge in [0.2, 0.25) is 0 Å². The molecule has 44 heavy (non-hydrogen) atoms. The summed E-state index contributed by atoms with van der Waals surface area (Å²) >= 11 is 0. The molecule has 2 aliphatic rings. The highest BCUT2D eigenvalue weighted by Gasteiger charge is 2.44. The fraction of sp³-hybridized carbons (Fsp3) is 0.150. The van der Waals surface area contributed by atoms with Crippen LogP contribution < -0.4 is 0 Å². The number of aromatic nitrogens is 3. The molecule has 8 rings (SSSR count). The van der Waals surface area contributed by atoms with Crippen molar-refractivity contribution in [3.05, 3.63) is 138 Å². The molecule has 0 bridgehead atoms. The fourth-order valence-corrected chi connectivity index (χ4v) is 7.29. The summed E-state index contributed by atoms with van der Waals surface area (Å²) in [5.74, 6) is 1.97. The van der Waals surface area contributed by atoms with E-state index in [1.54, 1.807) is 0 Å². The van der Waals surface area contributed by atoms with Gasteiger partial charge in [-0.1, -0.05) is 128 Å². The molecule has 2 aliphatic carbocycles. The maximum absolute atomic E-state index is 9.72. The van der Waals surface area contributed by atoms with Crippen LogP contribution in [0.3, 0.4) is 0 Å². The van der Waals surface area contributed by atoms with E-state index in [4.69, 9.17) is 15.0 Å². The smallest absolute Gasteiger partial charge is 0.164 e. The molecule has 1 fully saturated rings. The lowest BCUT2D eigenvalue weighted by Crippen LogP contribution is -2.28. The molecule has 0 radical (unpaired) electrons. The lowest BCUT2D eigenvalue weighted by atomic mass is 9.67. The third-order valence-corrected chi connectivity index (χ3v) is 9.37. The summed E-state index contributed by atoms with van der Waals surface area (Å²) < 4.78 is 0. The Kier molecular flexibility index (Phi) is 6.38. The fourth-order valence-electron chi connectivity index (χ4n) is 7.29. The van der Waals surface area contributed by atoms with Crippen molar-refractivity contribution in [3.63, 3.8) is 0 Å². The van der Waals surface area contributed by atoms with E-state index in [1.807, 2.05) is 66.7 Å². The van der Waals surface area contributed by atoms with Gasteiger partial charge in [-0.05, 0) is 58.4 Å². The standard InChI is InChI=1S/C40H30N4/c41-26-27-17-22-33-35(25-27)40(23-8-3-9-24-40)34-16-10-15-32(36(33)34)28-18-20-31(21-19-28)39-43-37(29-11-4-1-5-12-29)42-38(44-39)30-13-6-2-7-14-30/h1-2,4-7,10-22,25H,3,8-9,23-24H2. The van der Waals surface area contributed by atoms with Crippen LogP contribution in [-0.2, 0) is 5.41 Å². The number of nitriles is 1. The predicted molar refractivity (Wildman–Crippen MR) is 176 cm³/mol. The Morgan fingerprint density at radius 1 is 0.500 bits per heavy atom. The molecule has 4 heteroatoms. The minimum Gasteiger partial charge on any atom is -0.208 e. The number of hydrogen-bond donors (Lipinski definition) is 0. The molecule has 1 aromatic heterocycles. The van der Waals surface area contributed by atoms with Gasteiger partial charge in [0, 0.05) is 22.1 Å². The zero-order valence-corrected chi connectivity index (χ0v) is 24.4. The molecule has 1 spiro atoms. The van der Waals surface area contributed by atoms with Crippen LogP contribution in [0.15, 0.2) is 121 Å². The molecule has 0 unspecified atom stereocenters. The Bertz CT molecular complexity index is 1980. The average Bonchev–Trinajstić information content (AvgIpc) is 3.37. The molecule has 0 aliphatic heterocycles. The van der Waals surface area contributed by atoms with Crippen molar-refractivity contribution in [2.45, 2.75) is 37.5 Å². The largest absolute Gasteiger partial charge is 0.208 e. The van der Waals surface area contributed by atoms with Crippen molar-refractivity contribution in [1.29, 1.82) is 5.26 Å². The van der Waals surface area contributed by atoms with E-state index in [0.29, 0.717) is 17.5 Å².